The first kappa shape index (κ1) is 31.5. The van der Waals surface area contributed by atoms with Crippen molar-refractivity contribution in [2.45, 2.75) is 32.5 Å². The van der Waals surface area contributed by atoms with Crippen molar-refractivity contribution in [2.75, 3.05) is 30.5 Å². The zero-order valence-electron chi connectivity index (χ0n) is 23.3. The summed E-state index contributed by atoms with van der Waals surface area (Å²) in [5.41, 5.74) is 7.43. The van der Waals surface area contributed by atoms with Gasteiger partial charge in [0.15, 0.2) is 0 Å². The molecule has 4 rings (SSSR count). The number of nitrogens with two attached hydrogens (primary N) is 1. The smallest absolute Gasteiger partial charge is 0.416 e. The topological polar surface area (TPSA) is 154 Å². The third-order valence-corrected chi connectivity index (χ3v) is 6.20. The van der Waals surface area contributed by atoms with Gasteiger partial charge < -0.3 is 31.5 Å². The molecule has 10 nitrogen and oxygen atoms in total. The van der Waals surface area contributed by atoms with Crippen molar-refractivity contribution >= 4 is 46.2 Å². The Hall–Kier alpha value is -5.07. The summed E-state index contributed by atoms with van der Waals surface area (Å²) in [5, 5.41) is 24.6. The Balaban J connectivity index is 0.00000155. The fourth-order valence-corrected chi connectivity index (χ4v) is 4.12. The van der Waals surface area contributed by atoms with Crippen LogP contribution in [0.4, 0.5) is 36.1 Å². The lowest BCUT2D eigenvalue weighted by Gasteiger charge is -2.19. The van der Waals surface area contributed by atoms with Gasteiger partial charge in [0.05, 0.1) is 29.2 Å². The van der Waals surface area contributed by atoms with E-state index in [1.54, 1.807) is 64.3 Å². The SMILES string of the molecule is Cc1nc(N[C@H](C)c2cc(N)cc(C(F)(F)F)c2)c2cc(Nc3cccc(CC(=O)N(C)C)c3O)ccc2n1.O=CO. The quantitative estimate of drug-likeness (QED) is 0.108. The fourth-order valence-electron chi connectivity index (χ4n) is 4.12. The first-order valence-electron chi connectivity index (χ1n) is 12.6. The number of carbonyl (C=O) groups is 2. The largest absolute Gasteiger partial charge is 0.505 e. The molecule has 0 spiro atoms. The van der Waals surface area contributed by atoms with Crippen LogP contribution in [-0.4, -0.2) is 51.6 Å². The Labute approximate surface area is 240 Å². The van der Waals surface area contributed by atoms with E-state index in [2.05, 4.69) is 20.6 Å². The molecule has 42 heavy (non-hydrogen) atoms. The summed E-state index contributed by atoms with van der Waals surface area (Å²) in [4.78, 5) is 30.9. The van der Waals surface area contributed by atoms with Gasteiger partial charge in [-0.05, 0) is 61.9 Å². The van der Waals surface area contributed by atoms with Gasteiger partial charge in [0, 0.05) is 36.4 Å². The predicted octanol–water partition coefficient (Wildman–Crippen LogP) is 5.49. The monoisotopic (exact) mass is 584 g/mol. The van der Waals surface area contributed by atoms with Crippen molar-refractivity contribution in [3.05, 3.63) is 77.1 Å². The molecule has 0 radical (unpaired) electrons. The van der Waals surface area contributed by atoms with Gasteiger partial charge in [-0.15, -0.1) is 0 Å². The summed E-state index contributed by atoms with van der Waals surface area (Å²) in [6, 6.07) is 13.4. The maximum Gasteiger partial charge on any atom is 0.416 e. The van der Waals surface area contributed by atoms with E-state index in [0.29, 0.717) is 45.0 Å². The van der Waals surface area contributed by atoms with Gasteiger partial charge in [0.25, 0.3) is 6.47 Å². The van der Waals surface area contributed by atoms with Crippen LogP contribution in [-0.2, 0) is 22.2 Å². The molecule has 1 amide bonds. The lowest BCUT2D eigenvalue weighted by molar-refractivity contribution is -0.137. The van der Waals surface area contributed by atoms with Gasteiger partial charge in [-0.25, -0.2) is 9.97 Å². The number of phenolic OH excluding ortho intramolecular Hbond substituents is 1. The number of phenols is 1. The molecule has 0 aliphatic rings. The maximum atomic E-state index is 13.3. The van der Waals surface area contributed by atoms with Crippen molar-refractivity contribution in [3.8, 4) is 5.75 Å². The van der Waals surface area contributed by atoms with E-state index in [0.717, 1.165) is 12.1 Å². The normalized spacial score (nSPS) is 11.7. The number of fused-ring (bicyclic) bond motifs is 1. The summed E-state index contributed by atoms with van der Waals surface area (Å²) >= 11 is 0. The number of anilines is 4. The van der Waals surface area contributed by atoms with Crippen LogP contribution in [0.3, 0.4) is 0 Å². The highest BCUT2D eigenvalue weighted by Gasteiger charge is 2.31. The molecule has 0 saturated heterocycles. The number of benzene rings is 3. The van der Waals surface area contributed by atoms with Crippen LogP contribution in [0, 0.1) is 6.92 Å². The number of hydrogen-bond donors (Lipinski definition) is 5. The second-order valence-electron chi connectivity index (χ2n) is 9.61. The van der Waals surface area contributed by atoms with Gasteiger partial charge >= 0.3 is 6.18 Å². The number of amides is 1. The molecule has 13 heteroatoms. The molecule has 0 saturated carbocycles. The molecule has 1 atom stereocenters. The summed E-state index contributed by atoms with van der Waals surface area (Å²) < 4.78 is 40.0. The van der Waals surface area contributed by atoms with E-state index in [9.17, 15) is 23.1 Å². The molecular formula is C29H31F3N6O4. The van der Waals surface area contributed by atoms with Crippen molar-refractivity contribution < 1.29 is 33.0 Å². The molecule has 0 aliphatic carbocycles. The zero-order valence-corrected chi connectivity index (χ0v) is 23.3. The number of carbonyl (C=O) groups excluding carboxylic acids is 1. The van der Waals surface area contributed by atoms with Gasteiger partial charge in [0.1, 0.15) is 17.4 Å². The molecule has 0 aliphatic heterocycles. The standard InChI is InChI=1S/C28H29F3N6O2.CH2O2/c1-15(18-10-19(28(29,30)31)13-20(32)11-18)33-27-22-14-21(8-9-23(22)34-16(2)35-27)36-24-7-5-6-17(26(24)39)12-25(38)37(3)4;2-1-3/h5-11,13-15,36,39H,12,32H2,1-4H3,(H,33,34,35);1H,(H,2,3)/t15-;/m1./s1. The fraction of sp³-hybridized carbons (Fsp3) is 0.241. The molecule has 0 unspecified atom stereocenters. The van der Waals surface area contributed by atoms with Crippen LogP contribution in [0.25, 0.3) is 10.9 Å². The Morgan fingerprint density at radius 3 is 2.45 bits per heavy atom. The van der Waals surface area contributed by atoms with Crippen LogP contribution >= 0.6 is 0 Å². The number of para-hydroxylation sites is 1. The Morgan fingerprint density at radius 2 is 1.81 bits per heavy atom. The van der Waals surface area contributed by atoms with E-state index >= 15 is 0 Å². The first-order valence-corrected chi connectivity index (χ1v) is 12.6. The molecule has 0 fully saturated rings. The van der Waals surface area contributed by atoms with Crippen LogP contribution in [0.1, 0.15) is 35.5 Å². The molecule has 4 aromatic rings. The number of nitrogens with zero attached hydrogens (tertiary/aromatic N) is 3. The minimum Gasteiger partial charge on any atom is -0.505 e. The van der Waals surface area contributed by atoms with Gasteiger partial charge in [-0.1, -0.05) is 12.1 Å². The van der Waals surface area contributed by atoms with Gasteiger partial charge in [-0.2, -0.15) is 13.2 Å². The third kappa shape index (κ3) is 7.77. The Bertz CT molecular complexity index is 1590. The number of nitrogen functional groups attached to an aromatic ring is 1. The number of alkyl halides is 3. The van der Waals surface area contributed by atoms with Crippen molar-refractivity contribution in [3.63, 3.8) is 0 Å². The maximum absolute atomic E-state index is 13.3. The average molecular weight is 585 g/mol. The minimum atomic E-state index is -4.52. The van der Waals surface area contributed by atoms with E-state index in [-0.39, 0.29) is 30.2 Å². The summed E-state index contributed by atoms with van der Waals surface area (Å²) in [7, 11) is 3.30. The number of aryl methyl sites for hydroxylation is 1. The summed E-state index contributed by atoms with van der Waals surface area (Å²) in [5.74, 6) is 0.728. The molecule has 3 aromatic carbocycles. The Morgan fingerprint density at radius 1 is 1.12 bits per heavy atom. The number of nitrogens with one attached hydrogen (secondary N) is 2. The number of aromatic hydroxyl groups is 1. The summed E-state index contributed by atoms with van der Waals surface area (Å²) in [6.45, 7) is 3.20. The highest BCUT2D eigenvalue weighted by molar-refractivity contribution is 5.92. The predicted molar refractivity (Wildman–Crippen MR) is 155 cm³/mol. The van der Waals surface area contributed by atoms with Crippen LogP contribution in [0.15, 0.2) is 54.6 Å². The van der Waals surface area contributed by atoms with E-state index in [1.807, 2.05) is 0 Å². The number of hydrogen-bond acceptors (Lipinski definition) is 8. The van der Waals surface area contributed by atoms with E-state index < -0.39 is 17.8 Å². The number of carboxylic acid groups (broad SMARTS) is 1. The summed E-state index contributed by atoms with van der Waals surface area (Å²) in [6.07, 6.45) is -4.48. The lowest BCUT2D eigenvalue weighted by atomic mass is 10.0. The van der Waals surface area contributed by atoms with Crippen molar-refractivity contribution in [1.82, 2.24) is 14.9 Å². The second kappa shape index (κ2) is 13.1. The Kier molecular flexibility index (Phi) is 9.78. The van der Waals surface area contributed by atoms with E-state index in [4.69, 9.17) is 15.6 Å². The highest BCUT2D eigenvalue weighted by Crippen LogP contribution is 2.35. The van der Waals surface area contributed by atoms with Gasteiger partial charge in [0.2, 0.25) is 5.91 Å². The van der Waals surface area contributed by atoms with Crippen LogP contribution < -0.4 is 16.4 Å². The van der Waals surface area contributed by atoms with Crippen LogP contribution in [0.5, 0.6) is 5.75 Å². The second-order valence-corrected chi connectivity index (χ2v) is 9.61. The van der Waals surface area contributed by atoms with Gasteiger partial charge in [-0.3, -0.25) is 9.59 Å². The highest BCUT2D eigenvalue weighted by atomic mass is 19.4. The number of halogens is 3. The van der Waals surface area contributed by atoms with Crippen LogP contribution in [0.2, 0.25) is 0 Å². The molecule has 0 bridgehead atoms. The van der Waals surface area contributed by atoms with Crippen molar-refractivity contribution in [2.24, 2.45) is 0 Å². The van der Waals surface area contributed by atoms with E-state index in [1.165, 1.54) is 11.0 Å². The first-order chi connectivity index (χ1) is 19.7. The average Bonchev–Trinajstić information content (AvgIpc) is 2.90. The zero-order chi connectivity index (χ0) is 31.2. The molecule has 1 heterocycles. The molecule has 6 N–H and O–H groups in total. The number of rotatable bonds is 7. The molecular weight excluding hydrogens is 553 g/mol. The third-order valence-electron chi connectivity index (χ3n) is 6.20. The molecule has 222 valence electrons. The lowest BCUT2D eigenvalue weighted by Crippen LogP contribution is -2.23. The molecule has 1 aromatic heterocycles. The number of aromatic nitrogens is 2. The minimum absolute atomic E-state index is 0.0120. The number of likely N-dealkylation sites (N-methyl/N-ethyl adjacent to an activating group) is 1. The van der Waals surface area contributed by atoms with Crippen molar-refractivity contribution in [1.29, 1.82) is 0 Å².